The second kappa shape index (κ2) is 9.17. The lowest BCUT2D eigenvalue weighted by atomic mass is 10.2. The highest BCUT2D eigenvalue weighted by Crippen LogP contribution is 2.35. The minimum absolute atomic E-state index is 0.0649. The summed E-state index contributed by atoms with van der Waals surface area (Å²) in [5.41, 5.74) is 8.65. The van der Waals surface area contributed by atoms with Gasteiger partial charge in [0.25, 0.3) is 5.91 Å². The Morgan fingerprint density at radius 3 is 2.70 bits per heavy atom. The van der Waals surface area contributed by atoms with E-state index in [9.17, 15) is 4.79 Å². The third-order valence-electron chi connectivity index (χ3n) is 4.88. The minimum atomic E-state index is -0.707. The molecule has 0 aliphatic heterocycles. The third kappa shape index (κ3) is 4.97. The summed E-state index contributed by atoms with van der Waals surface area (Å²) in [5.74, 6) is -1.01. The molecule has 0 aliphatic carbocycles. The minimum Gasteiger partial charge on any atom is -0.453 e. The number of nitrogens with zero attached hydrogens (tertiary/aromatic N) is 2. The van der Waals surface area contributed by atoms with E-state index in [2.05, 4.69) is 15.3 Å². The molecule has 0 spiro atoms. The highest BCUT2D eigenvalue weighted by molar-refractivity contribution is 6.32. The van der Waals surface area contributed by atoms with Crippen molar-refractivity contribution < 1.29 is 13.9 Å². The Hall–Kier alpha value is -3.49. The number of halogens is 3. The molecular weight excluding hydrogens is 468 g/mol. The van der Waals surface area contributed by atoms with Gasteiger partial charge in [-0.1, -0.05) is 29.3 Å². The molecule has 0 bridgehead atoms. The van der Waals surface area contributed by atoms with Crippen molar-refractivity contribution in [1.82, 2.24) is 15.3 Å². The fourth-order valence-corrected chi connectivity index (χ4v) is 3.63. The van der Waals surface area contributed by atoms with Gasteiger partial charge in [-0.15, -0.1) is 0 Å². The number of benzene rings is 3. The molecule has 0 radical (unpaired) electrons. The summed E-state index contributed by atoms with van der Waals surface area (Å²) in [6.07, 6.45) is 0. The number of carbonyl (C=O) groups is 1. The Labute approximate surface area is 199 Å². The highest BCUT2D eigenvalue weighted by atomic mass is 35.5. The van der Waals surface area contributed by atoms with Crippen LogP contribution in [0.25, 0.3) is 11.0 Å². The molecule has 4 rings (SSSR count). The average molecular weight is 488 g/mol. The van der Waals surface area contributed by atoms with Gasteiger partial charge in [0.2, 0.25) is 0 Å². The van der Waals surface area contributed by atoms with Crippen LogP contribution in [-0.2, 0) is 6.54 Å². The summed E-state index contributed by atoms with van der Waals surface area (Å²) in [5, 5.41) is 3.07. The first-order chi connectivity index (χ1) is 15.7. The van der Waals surface area contributed by atoms with Gasteiger partial charge in [0.1, 0.15) is 5.75 Å². The maximum absolute atomic E-state index is 15.1. The molecule has 7 nitrogen and oxygen atoms in total. The van der Waals surface area contributed by atoms with E-state index >= 15 is 4.39 Å². The average Bonchev–Trinajstić information content (AvgIpc) is 3.19. The normalized spacial score (nSPS) is 10.9. The van der Waals surface area contributed by atoms with Crippen molar-refractivity contribution >= 4 is 51.5 Å². The van der Waals surface area contributed by atoms with Crippen molar-refractivity contribution in [2.24, 2.45) is 0 Å². The predicted molar refractivity (Wildman–Crippen MR) is 129 cm³/mol. The molecule has 1 aromatic heterocycles. The topological polar surface area (TPSA) is 96.3 Å². The molecule has 3 aromatic carbocycles. The number of nitrogens with two attached hydrogens (primary N) is 1. The maximum Gasteiger partial charge on any atom is 0.287 e. The second-order valence-corrected chi connectivity index (χ2v) is 8.38. The largest absolute Gasteiger partial charge is 0.453 e. The standard InChI is InChI=1S/C23H20Cl2FN5O2/c1-31(2)15-4-6-18-19(10-15)30-22(29-18)23(32)28-11-12-3-5-17(25)21(20(12)26)33-16-8-13(24)7-14(27)9-16/h3-10H,11,27H2,1-2H3,(H,28,32)(H,29,30). The molecule has 0 aliphatic rings. The van der Waals surface area contributed by atoms with Crippen LogP contribution in [0.2, 0.25) is 10.0 Å². The van der Waals surface area contributed by atoms with Crippen molar-refractivity contribution in [3.8, 4) is 11.5 Å². The Kier molecular flexibility index (Phi) is 6.31. The lowest BCUT2D eigenvalue weighted by Gasteiger charge is -2.13. The molecule has 1 amide bonds. The lowest BCUT2D eigenvalue weighted by molar-refractivity contribution is 0.0941. The van der Waals surface area contributed by atoms with E-state index in [1.54, 1.807) is 0 Å². The number of anilines is 2. The zero-order chi connectivity index (χ0) is 23.7. The summed E-state index contributed by atoms with van der Waals surface area (Å²) < 4.78 is 20.7. The first-order valence-electron chi connectivity index (χ1n) is 9.87. The van der Waals surface area contributed by atoms with Crippen LogP contribution in [-0.4, -0.2) is 30.0 Å². The van der Waals surface area contributed by atoms with Crippen LogP contribution in [0, 0.1) is 5.82 Å². The Morgan fingerprint density at radius 1 is 1.18 bits per heavy atom. The smallest absolute Gasteiger partial charge is 0.287 e. The number of aromatic nitrogens is 2. The number of amides is 1. The van der Waals surface area contributed by atoms with Gasteiger partial charge in [-0.25, -0.2) is 9.37 Å². The van der Waals surface area contributed by atoms with Gasteiger partial charge in [-0.05, 0) is 36.4 Å². The van der Waals surface area contributed by atoms with Crippen molar-refractivity contribution in [2.75, 3.05) is 24.7 Å². The van der Waals surface area contributed by atoms with Crippen LogP contribution < -0.4 is 20.7 Å². The van der Waals surface area contributed by atoms with Gasteiger partial charge in [0, 0.05) is 48.7 Å². The van der Waals surface area contributed by atoms with Crippen molar-refractivity contribution in [3.63, 3.8) is 0 Å². The van der Waals surface area contributed by atoms with Gasteiger partial charge >= 0.3 is 0 Å². The summed E-state index contributed by atoms with van der Waals surface area (Å²) in [4.78, 5) is 21.9. The molecule has 0 fully saturated rings. The number of carbonyl (C=O) groups excluding carboxylic acids is 1. The van der Waals surface area contributed by atoms with E-state index in [4.69, 9.17) is 33.7 Å². The Morgan fingerprint density at radius 2 is 1.97 bits per heavy atom. The quantitative estimate of drug-likeness (QED) is 0.317. The fraction of sp³-hybridized carbons (Fsp3) is 0.130. The molecule has 33 heavy (non-hydrogen) atoms. The number of ether oxygens (including phenoxy) is 1. The molecule has 0 atom stereocenters. The monoisotopic (exact) mass is 487 g/mol. The molecule has 0 unspecified atom stereocenters. The van der Waals surface area contributed by atoms with E-state index in [1.807, 2.05) is 37.2 Å². The molecule has 4 aromatic rings. The molecule has 1 heterocycles. The number of H-pyrrole nitrogens is 1. The van der Waals surface area contributed by atoms with Gasteiger partial charge in [0.05, 0.1) is 16.1 Å². The zero-order valence-electron chi connectivity index (χ0n) is 17.7. The predicted octanol–water partition coefficient (Wildman–Crippen LogP) is 5.38. The molecular formula is C23H20Cl2FN5O2. The number of hydrogen-bond donors (Lipinski definition) is 3. The van der Waals surface area contributed by atoms with Crippen LogP contribution in [0.5, 0.6) is 11.5 Å². The summed E-state index contributed by atoms with van der Waals surface area (Å²) in [7, 11) is 3.84. The molecule has 4 N–H and O–H groups in total. The van der Waals surface area contributed by atoms with Crippen molar-refractivity contribution in [2.45, 2.75) is 6.54 Å². The summed E-state index contributed by atoms with van der Waals surface area (Å²) in [6, 6.07) is 13.1. The van der Waals surface area contributed by atoms with Gasteiger partial charge < -0.3 is 25.7 Å². The van der Waals surface area contributed by atoms with E-state index in [1.165, 1.54) is 30.3 Å². The maximum atomic E-state index is 15.1. The van der Waals surface area contributed by atoms with E-state index in [0.717, 1.165) is 11.2 Å². The number of aromatic amines is 1. The number of nitrogens with one attached hydrogen (secondary N) is 2. The third-order valence-corrected chi connectivity index (χ3v) is 5.39. The summed E-state index contributed by atoms with van der Waals surface area (Å²) in [6.45, 7) is -0.101. The van der Waals surface area contributed by atoms with Gasteiger partial charge in [0.15, 0.2) is 17.4 Å². The number of imidazole rings is 1. The van der Waals surface area contributed by atoms with E-state index in [-0.39, 0.29) is 34.5 Å². The van der Waals surface area contributed by atoms with Crippen molar-refractivity contribution in [3.05, 3.63) is 75.8 Å². The Bertz CT molecular complexity index is 1340. The highest BCUT2D eigenvalue weighted by Gasteiger charge is 2.18. The SMILES string of the molecule is CN(C)c1ccc2nc(C(=O)NCc3ccc(Cl)c(Oc4cc(N)cc(Cl)c4)c3F)[nH]c2c1. The van der Waals surface area contributed by atoms with Crippen LogP contribution in [0.3, 0.4) is 0 Å². The van der Waals surface area contributed by atoms with Gasteiger partial charge in [-0.2, -0.15) is 0 Å². The molecule has 170 valence electrons. The summed E-state index contributed by atoms with van der Waals surface area (Å²) >= 11 is 12.1. The molecule has 10 heteroatoms. The number of rotatable bonds is 6. The molecule has 0 saturated heterocycles. The van der Waals surface area contributed by atoms with Crippen LogP contribution in [0.1, 0.15) is 16.2 Å². The lowest BCUT2D eigenvalue weighted by Crippen LogP contribution is -2.24. The number of nitrogen functional groups attached to an aromatic ring is 1. The van der Waals surface area contributed by atoms with Crippen LogP contribution >= 0.6 is 23.2 Å². The fourth-order valence-electron chi connectivity index (χ4n) is 3.21. The van der Waals surface area contributed by atoms with E-state index < -0.39 is 11.7 Å². The van der Waals surface area contributed by atoms with Gasteiger partial charge in [-0.3, -0.25) is 4.79 Å². The first-order valence-corrected chi connectivity index (χ1v) is 10.6. The first kappa shape index (κ1) is 22.7. The van der Waals surface area contributed by atoms with Crippen molar-refractivity contribution in [1.29, 1.82) is 0 Å². The van der Waals surface area contributed by atoms with Crippen LogP contribution in [0.15, 0.2) is 48.5 Å². The van der Waals surface area contributed by atoms with Crippen LogP contribution in [0.4, 0.5) is 15.8 Å². The number of fused-ring (bicyclic) bond motifs is 1. The molecule has 0 saturated carbocycles. The Balaban J connectivity index is 1.52. The zero-order valence-corrected chi connectivity index (χ0v) is 19.3. The second-order valence-electron chi connectivity index (χ2n) is 7.54. The van der Waals surface area contributed by atoms with E-state index in [0.29, 0.717) is 16.2 Å². The number of hydrogen-bond acceptors (Lipinski definition) is 5.